The minimum Gasteiger partial charge on any atom is -0.456 e. The lowest BCUT2D eigenvalue weighted by atomic mass is 9.89. The molecular formula is C51H31N3OS. The van der Waals surface area contributed by atoms with Gasteiger partial charge in [-0.05, 0) is 86.3 Å². The van der Waals surface area contributed by atoms with Crippen molar-refractivity contribution in [2.45, 2.75) is 12.8 Å². The van der Waals surface area contributed by atoms with Crippen molar-refractivity contribution < 1.29 is 4.42 Å². The molecule has 11 aromatic rings. The highest BCUT2D eigenvalue weighted by Crippen LogP contribution is 2.41. The van der Waals surface area contributed by atoms with Crippen molar-refractivity contribution in [1.29, 1.82) is 0 Å². The van der Waals surface area contributed by atoms with E-state index in [1.807, 2.05) is 6.07 Å². The molecule has 4 nitrogen and oxygen atoms in total. The molecule has 0 aliphatic heterocycles. The molecule has 0 saturated heterocycles. The summed E-state index contributed by atoms with van der Waals surface area (Å²) in [6.07, 6.45) is 4.20. The smallest absolute Gasteiger partial charge is 0.165 e. The van der Waals surface area contributed by atoms with E-state index < -0.39 is 0 Å². The summed E-state index contributed by atoms with van der Waals surface area (Å²) in [5.74, 6) is 2.01. The summed E-state index contributed by atoms with van der Waals surface area (Å²) >= 11 is 1.80. The number of fused-ring (bicyclic) bond motifs is 10. The second-order valence-electron chi connectivity index (χ2n) is 14.5. The number of benzene rings is 8. The first-order chi connectivity index (χ1) is 27.8. The fraction of sp³-hybridized carbons (Fsp3) is 0.0392. The maximum Gasteiger partial charge on any atom is 0.165 e. The maximum absolute atomic E-state index is 6.34. The van der Waals surface area contributed by atoms with Gasteiger partial charge in [-0.2, -0.15) is 0 Å². The lowest BCUT2D eigenvalue weighted by Crippen LogP contribution is -2.32. The van der Waals surface area contributed by atoms with Gasteiger partial charge in [0.1, 0.15) is 11.2 Å². The third kappa shape index (κ3) is 4.74. The minimum absolute atomic E-state index is 0.664. The van der Waals surface area contributed by atoms with Gasteiger partial charge < -0.3 is 4.42 Å². The summed E-state index contributed by atoms with van der Waals surface area (Å²) in [7, 11) is 0. The number of aromatic nitrogens is 3. The molecule has 0 radical (unpaired) electrons. The number of thiophene rings is 1. The van der Waals surface area contributed by atoms with Gasteiger partial charge in [0.25, 0.3) is 0 Å². The van der Waals surface area contributed by atoms with Crippen LogP contribution in [-0.2, 0) is 0 Å². The van der Waals surface area contributed by atoms with E-state index in [-0.39, 0.29) is 0 Å². The highest BCUT2D eigenvalue weighted by molar-refractivity contribution is 7.26. The van der Waals surface area contributed by atoms with Crippen LogP contribution in [0.2, 0.25) is 0 Å². The molecule has 56 heavy (non-hydrogen) atoms. The normalized spacial score (nSPS) is 13.0. The Balaban J connectivity index is 1.15. The number of hydrogen-bond donors (Lipinski definition) is 0. The third-order valence-corrected chi connectivity index (χ3v) is 12.7. The summed E-state index contributed by atoms with van der Waals surface area (Å²) in [5.41, 5.74) is 7.36. The molecule has 0 amide bonds. The fourth-order valence-electron chi connectivity index (χ4n) is 8.94. The number of rotatable bonds is 4. The minimum atomic E-state index is 0.664. The first-order valence-electron chi connectivity index (χ1n) is 19.1. The second kappa shape index (κ2) is 12.3. The van der Waals surface area contributed by atoms with Gasteiger partial charge in [0.05, 0.1) is 0 Å². The highest BCUT2D eigenvalue weighted by Gasteiger charge is 2.21. The Kier molecular flexibility index (Phi) is 6.89. The zero-order valence-electron chi connectivity index (χ0n) is 30.2. The van der Waals surface area contributed by atoms with Crippen LogP contribution < -0.4 is 10.4 Å². The molecule has 0 unspecified atom stereocenters. The van der Waals surface area contributed by atoms with Crippen LogP contribution >= 0.6 is 11.3 Å². The Bertz CT molecular complexity index is 3560. The summed E-state index contributed by atoms with van der Waals surface area (Å²) in [5, 5.41) is 11.8. The number of furan rings is 1. The average molecular weight is 734 g/mol. The van der Waals surface area contributed by atoms with Crippen molar-refractivity contribution in [2.75, 3.05) is 0 Å². The van der Waals surface area contributed by atoms with Crippen molar-refractivity contribution in [3.8, 4) is 34.2 Å². The molecule has 0 N–H and O–H groups in total. The van der Waals surface area contributed by atoms with Gasteiger partial charge in [0.15, 0.2) is 17.5 Å². The van der Waals surface area contributed by atoms with Gasteiger partial charge in [-0.25, -0.2) is 15.0 Å². The molecule has 12 rings (SSSR count). The average Bonchev–Trinajstić information content (AvgIpc) is 3.84. The number of para-hydroxylation sites is 1. The van der Waals surface area contributed by atoms with E-state index >= 15 is 0 Å². The van der Waals surface area contributed by atoms with Crippen LogP contribution in [0.1, 0.15) is 18.4 Å². The Morgan fingerprint density at radius 2 is 1.09 bits per heavy atom. The van der Waals surface area contributed by atoms with Crippen molar-refractivity contribution in [1.82, 2.24) is 15.0 Å². The molecular weight excluding hydrogens is 703 g/mol. The van der Waals surface area contributed by atoms with Crippen molar-refractivity contribution in [2.24, 2.45) is 0 Å². The Hall–Kier alpha value is -6.95. The van der Waals surface area contributed by atoms with Crippen molar-refractivity contribution in [3.05, 3.63) is 174 Å². The van der Waals surface area contributed by atoms with E-state index in [1.54, 1.807) is 11.3 Å². The topological polar surface area (TPSA) is 51.8 Å². The SMILES string of the molecule is C1=c2c(-c3nc(-c4cc5ccccc5c5ccccc45)nc(-c4cccc5c4sc4ccccc45)n3)cccc2=C(c2cccc3oc4ccccc4c23)CC1. The zero-order valence-corrected chi connectivity index (χ0v) is 31.0. The molecule has 3 aromatic heterocycles. The van der Waals surface area contributed by atoms with Crippen molar-refractivity contribution in [3.63, 3.8) is 0 Å². The molecule has 5 heteroatoms. The van der Waals surface area contributed by atoms with Gasteiger partial charge >= 0.3 is 0 Å². The summed E-state index contributed by atoms with van der Waals surface area (Å²) in [4.78, 5) is 16.2. The van der Waals surface area contributed by atoms with E-state index in [4.69, 9.17) is 19.4 Å². The predicted octanol–water partition coefficient (Wildman–Crippen LogP) is 12.2. The van der Waals surface area contributed by atoms with Gasteiger partial charge in [0, 0.05) is 47.6 Å². The molecule has 0 atom stereocenters. The van der Waals surface area contributed by atoms with Gasteiger partial charge in [-0.15, -0.1) is 11.3 Å². The van der Waals surface area contributed by atoms with E-state index in [0.29, 0.717) is 17.5 Å². The number of hydrogen-bond acceptors (Lipinski definition) is 5. The van der Waals surface area contributed by atoms with Crippen molar-refractivity contribution >= 4 is 86.6 Å². The molecule has 0 saturated carbocycles. The van der Waals surface area contributed by atoms with Crippen LogP contribution in [0.4, 0.5) is 0 Å². The third-order valence-electron chi connectivity index (χ3n) is 11.4. The van der Waals surface area contributed by atoms with E-state index in [0.717, 1.165) is 62.1 Å². The fourth-order valence-corrected chi connectivity index (χ4v) is 10.2. The molecule has 0 fully saturated rings. The van der Waals surface area contributed by atoms with E-state index in [9.17, 15) is 0 Å². The highest BCUT2D eigenvalue weighted by atomic mass is 32.1. The number of nitrogens with zero attached hydrogens (tertiary/aromatic N) is 3. The molecule has 1 aliphatic carbocycles. The van der Waals surface area contributed by atoms with E-state index in [1.165, 1.54) is 52.7 Å². The predicted molar refractivity (Wildman–Crippen MR) is 233 cm³/mol. The Labute approximate surface area is 325 Å². The first-order valence-corrected chi connectivity index (χ1v) is 19.9. The molecule has 0 spiro atoms. The molecule has 262 valence electrons. The second-order valence-corrected chi connectivity index (χ2v) is 15.6. The monoisotopic (exact) mass is 733 g/mol. The van der Waals surface area contributed by atoms with Gasteiger partial charge in [-0.3, -0.25) is 0 Å². The summed E-state index contributed by atoms with van der Waals surface area (Å²) < 4.78 is 8.76. The molecule has 8 aromatic carbocycles. The Morgan fingerprint density at radius 1 is 0.464 bits per heavy atom. The van der Waals surface area contributed by atoms with Crippen LogP contribution in [0.3, 0.4) is 0 Å². The molecule has 3 heterocycles. The van der Waals surface area contributed by atoms with Crippen LogP contribution in [0.15, 0.2) is 162 Å². The van der Waals surface area contributed by atoms with Gasteiger partial charge in [-0.1, -0.05) is 133 Å². The maximum atomic E-state index is 6.34. The standard InChI is InChI=1S/C51H31N3OS/c1-2-14-31-30(13-1)29-43(36-16-4-3-15-32(31)36)51-53-49(52-50(54-51)42-25-11-23-39-37-17-6-8-28-46(37)56-48(39)42)40-24-10-19-33-34(20-9-21-35(33)40)38-22-12-27-45-47(38)41-18-5-7-26-44(41)55-45/h1-8,10-19,21-29H,9,20H2. The molecule has 0 bridgehead atoms. The Morgan fingerprint density at radius 3 is 1.98 bits per heavy atom. The summed E-state index contributed by atoms with van der Waals surface area (Å²) in [6, 6.07) is 55.9. The van der Waals surface area contributed by atoms with Crippen LogP contribution in [-0.4, -0.2) is 15.0 Å². The quantitative estimate of drug-likeness (QED) is 0.169. The zero-order chi connectivity index (χ0) is 36.7. The van der Waals surface area contributed by atoms with Crippen LogP contribution in [0, 0.1) is 0 Å². The summed E-state index contributed by atoms with van der Waals surface area (Å²) in [6.45, 7) is 0. The molecule has 1 aliphatic rings. The lowest BCUT2D eigenvalue weighted by molar-refractivity contribution is 0.669. The lowest BCUT2D eigenvalue weighted by Gasteiger charge is -2.16. The van der Waals surface area contributed by atoms with Crippen LogP contribution in [0.25, 0.3) is 109 Å². The van der Waals surface area contributed by atoms with Crippen LogP contribution in [0.5, 0.6) is 0 Å². The van der Waals surface area contributed by atoms with Gasteiger partial charge in [0.2, 0.25) is 0 Å². The van der Waals surface area contributed by atoms with E-state index in [2.05, 4.69) is 158 Å². The largest absolute Gasteiger partial charge is 0.456 e. The first kappa shape index (κ1) is 31.4.